The fraction of sp³-hybridized carbons (Fsp3) is 0.562. The van der Waals surface area contributed by atoms with Crippen LogP contribution in [0.2, 0.25) is 0 Å². The fourth-order valence-electron chi connectivity index (χ4n) is 2.83. The van der Waals surface area contributed by atoms with Crippen LogP contribution >= 0.6 is 27.7 Å². The summed E-state index contributed by atoms with van der Waals surface area (Å²) in [5.41, 5.74) is 8.62. The predicted molar refractivity (Wildman–Crippen MR) is 101 cm³/mol. The molecule has 0 unspecified atom stereocenters. The summed E-state index contributed by atoms with van der Waals surface area (Å²) in [6.07, 6.45) is 0. The molecule has 2 aliphatic rings. The number of ether oxygens (including phenoxy) is 1. The lowest BCUT2D eigenvalue weighted by molar-refractivity contribution is 0.122. The molecule has 0 saturated carbocycles. The molecule has 0 radical (unpaired) electrons. The topological polar surface area (TPSA) is 54.1 Å². The number of morpholine rings is 1. The van der Waals surface area contributed by atoms with Crippen LogP contribution < -0.4 is 10.6 Å². The van der Waals surface area contributed by atoms with E-state index in [-0.39, 0.29) is 0 Å². The van der Waals surface area contributed by atoms with Gasteiger partial charge in [0.25, 0.3) is 0 Å². The Bertz CT molecular complexity index is 557. The van der Waals surface area contributed by atoms with Gasteiger partial charge >= 0.3 is 0 Å². The van der Waals surface area contributed by atoms with E-state index < -0.39 is 0 Å². The lowest BCUT2D eigenvalue weighted by atomic mass is 10.1. The number of aliphatic imine (C=N–C) groups is 1. The van der Waals surface area contributed by atoms with Crippen LogP contribution in [0, 0.1) is 0 Å². The van der Waals surface area contributed by atoms with Crippen molar-refractivity contribution in [3.63, 3.8) is 0 Å². The smallest absolute Gasteiger partial charge is 0.191 e. The van der Waals surface area contributed by atoms with Crippen LogP contribution in [0.5, 0.6) is 0 Å². The number of halogens is 1. The molecule has 1 aromatic carbocycles. The van der Waals surface area contributed by atoms with Crippen LogP contribution in [-0.4, -0.2) is 61.8 Å². The van der Waals surface area contributed by atoms with E-state index in [4.69, 9.17) is 10.5 Å². The highest BCUT2D eigenvalue weighted by Gasteiger charge is 2.16. The molecule has 0 aromatic heterocycles. The summed E-state index contributed by atoms with van der Waals surface area (Å²) in [6, 6.07) is 6.38. The highest BCUT2D eigenvalue weighted by Crippen LogP contribution is 2.26. The van der Waals surface area contributed by atoms with Crippen molar-refractivity contribution in [1.82, 2.24) is 4.90 Å². The molecule has 0 atom stereocenters. The number of anilines is 1. The minimum Gasteiger partial charge on any atom is -0.378 e. The van der Waals surface area contributed by atoms with Crippen molar-refractivity contribution in [2.45, 2.75) is 6.54 Å². The zero-order chi connectivity index (χ0) is 16.1. The number of hydrogen-bond acceptors (Lipinski definition) is 4. The summed E-state index contributed by atoms with van der Waals surface area (Å²) in [5, 5.41) is 0. The van der Waals surface area contributed by atoms with Gasteiger partial charge in [0, 0.05) is 47.8 Å². The molecule has 7 heteroatoms. The van der Waals surface area contributed by atoms with Gasteiger partial charge in [-0.15, -0.1) is 0 Å². The Labute approximate surface area is 150 Å². The van der Waals surface area contributed by atoms with Gasteiger partial charge in [-0.2, -0.15) is 11.8 Å². The molecular weight excluding hydrogens is 376 g/mol. The minimum atomic E-state index is 0.620. The highest BCUT2D eigenvalue weighted by molar-refractivity contribution is 9.10. The third-order valence-electron chi connectivity index (χ3n) is 4.15. The Morgan fingerprint density at radius 3 is 2.70 bits per heavy atom. The third-order valence-corrected chi connectivity index (χ3v) is 5.58. The Morgan fingerprint density at radius 2 is 1.96 bits per heavy atom. The second-order valence-electron chi connectivity index (χ2n) is 5.65. The maximum atomic E-state index is 6.18. The molecule has 0 aliphatic carbocycles. The van der Waals surface area contributed by atoms with Gasteiger partial charge in [0.2, 0.25) is 0 Å². The monoisotopic (exact) mass is 398 g/mol. The molecule has 0 amide bonds. The lowest BCUT2D eigenvalue weighted by Gasteiger charge is -2.31. The van der Waals surface area contributed by atoms with E-state index in [1.165, 1.54) is 11.3 Å². The lowest BCUT2D eigenvalue weighted by Crippen LogP contribution is -2.42. The summed E-state index contributed by atoms with van der Waals surface area (Å²) in [5.74, 6) is 2.93. The first-order valence-corrected chi connectivity index (χ1v) is 9.92. The molecule has 0 bridgehead atoms. The van der Waals surface area contributed by atoms with E-state index >= 15 is 0 Å². The summed E-state index contributed by atoms with van der Waals surface area (Å²) < 4.78 is 6.55. The number of benzene rings is 1. The van der Waals surface area contributed by atoms with Gasteiger partial charge in [0.15, 0.2) is 5.96 Å². The minimum absolute atomic E-state index is 0.620. The second-order valence-corrected chi connectivity index (χ2v) is 7.79. The Kier molecular flexibility index (Phi) is 6.08. The average Bonchev–Trinajstić information content (AvgIpc) is 2.62. The van der Waals surface area contributed by atoms with Crippen molar-refractivity contribution in [2.24, 2.45) is 10.7 Å². The molecule has 126 valence electrons. The summed E-state index contributed by atoms with van der Waals surface area (Å²) in [4.78, 5) is 9.19. The summed E-state index contributed by atoms with van der Waals surface area (Å²) in [6.45, 7) is 6.02. The molecule has 2 fully saturated rings. The number of thioether (sulfide) groups is 1. The van der Waals surface area contributed by atoms with Crippen molar-refractivity contribution in [2.75, 3.05) is 55.8 Å². The van der Waals surface area contributed by atoms with Crippen LogP contribution in [-0.2, 0) is 11.3 Å². The molecule has 5 nitrogen and oxygen atoms in total. The van der Waals surface area contributed by atoms with Crippen molar-refractivity contribution in [3.05, 3.63) is 28.2 Å². The number of rotatable bonds is 3. The van der Waals surface area contributed by atoms with Crippen LogP contribution in [0.4, 0.5) is 5.69 Å². The van der Waals surface area contributed by atoms with Crippen molar-refractivity contribution in [3.8, 4) is 0 Å². The van der Waals surface area contributed by atoms with Gasteiger partial charge < -0.3 is 20.3 Å². The quantitative estimate of drug-likeness (QED) is 0.624. The third kappa shape index (κ3) is 4.55. The first-order valence-electron chi connectivity index (χ1n) is 7.98. The fourth-order valence-corrected chi connectivity index (χ4v) is 4.08. The van der Waals surface area contributed by atoms with E-state index in [0.29, 0.717) is 12.5 Å². The van der Waals surface area contributed by atoms with Crippen molar-refractivity contribution < 1.29 is 4.74 Å². The van der Waals surface area contributed by atoms with Crippen LogP contribution in [0.3, 0.4) is 0 Å². The van der Waals surface area contributed by atoms with Gasteiger partial charge in [-0.25, -0.2) is 4.99 Å². The zero-order valence-electron chi connectivity index (χ0n) is 13.2. The molecule has 2 saturated heterocycles. The van der Waals surface area contributed by atoms with Crippen molar-refractivity contribution >= 4 is 39.3 Å². The zero-order valence-corrected chi connectivity index (χ0v) is 15.6. The molecular formula is C16H23BrN4OS. The van der Waals surface area contributed by atoms with Gasteiger partial charge in [-0.1, -0.05) is 22.0 Å². The van der Waals surface area contributed by atoms with Crippen LogP contribution in [0.15, 0.2) is 27.7 Å². The predicted octanol–water partition coefficient (Wildman–Crippen LogP) is 2.15. The summed E-state index contributed by atoms with van der Waals surface area (Å²) >= 11 is 5.55. The number of guanidine groups is 1. The van der Waals surface area contributed by atoms with Crippen molar-refractivity contribution in [1.29, 1.82) is 0 Å². The Morgan fingerprint density at radius 1 is 1.22 bits per heavy atom. The number of hydrogen-bond donors (Lipinski definition) is 1. The standard InChI is InChI=1S/C16H23BrN4OS/c17-14-2-1-13(15(11-14)20-3-7-22-8-4-20)12-19-16(18)21-5-9-23-10-6-21/h1-2,11H,3-10,12H2,(H2,18,19). The highest BCUT2D eigenvalue weighted by atomic mass is 79.9. The molecule has 2 N–H and O–H groups in total. The maximum absolute atomic E-state index is 6.18. The molecule has 23 heavy (non-hydrogen) atoms. The second kappa shape index (κ2) is 8.26. The SMILES string of the molecule is NC(=NCc1ccc(Br)cc1N1CCOCC1)N1CCSCC1. The van der Waals surface area contributed by atoms with Gasteiger partial charge in [0.1, 0.15) is 0 Å². The molecule has 2 heterocycles. The number of nitrogens with two attached hydrogens (primary N) is 1. The Hall–Kier alpha value is -0.920. The molecule has 3 rings (SSSR count). The van der Waals surface area contributed by atoms with Gasteiger partial charge in [-0.05, 0) is 17.7 Å². The normalized spacial score (nSPS) is 20.0. The van der Waals surface area contributed by atoms with Crippen LogP contribution in [0.25, 0.3) is 0 Å². The van der Waals surface area contributed by atoms with E-state index in [1.54, 1.807) is 0 Å². The maximum Gasteiger partial charge on any atom is 0.191 e. The first-order chi connectivity index (χ1) is 11.2. The van der Waals surface area contributed by atoms with E-state index in [0.717, 1.165) is 55.4 Å². The average molecular weight is 399 g/mol. The van der Waals surface area contributed by atoms with E-state index in [1.807, 2.05) is 11.8 Å². The summed E-state index contributed by atoms with van der Waals surface area (Å²) in [7, 11) is 0. The number of nitrogens with zero attached hydrogens (tertiary/aromatic N) is 3. The van der Waals surface area contributed by atoms with E-state index in [9.17, 15) is 0 Å². The molecule has 2 aliphatic heterocycles. The first kappa shape index (κ1) is 16.9. The van der Waals surface area contributed by atoms with Crippen LogP contribution in [0.1, 0.15) is 5.56 Å². The van der Waals surface area contributed by atoms with E-state index in [2.05, 4.69) is 48.9 Å². The van der Waals surface area contributed by atoms with Gasteiger partial charge in [-0.3, -0.25) is 0 Å². The molecule has 0 spiro atoms. The molecule has 1 aromatic rings. The largest absolute Gasteiger partial charge is 0.378 e. The van der Waals surface area contributed by atoms with Gasteiger partial charge in [0.05, 0.1) is 19.8 Å². The Balaban J connectivity index is 1.73.